The summed E-state index contributed by atoms with van der Waals surface area (Å²) in [5.41, 5.74) is -0.519. The quantitative estimate of drug-likeness (QED) is 0.199. The maximum atomic E-state index is 14.6. The smallest absolute Gasteiger partial charge is 0.259 e. The zero-order chi connectivity index (χ0) is 27.5. The molecule has 13 heteroatoms. The van der Waals surface area contributed by atoms with Crippen molar-refractivity contribution in [1.29, 1.82) is 0 Å². The second kappa shape index (κ2) is 7.97. The summed E-state index contributed by atoms with van der Waals surface area (Å²) in [5, 5.41) is 23.5. The van der Waals surface area contributed by atoms with Crippen LogP contribution in [0.5, 0.6) is 0 Å². The molecule has 2 aliphatic rings. The van der Waals surface area contributed by atoms with Gasteiger partial charge >= 0.3 is 0 Å². The lowest BCUT2D eigenvalue weighted by molar-refractivity contribution is -0.198. The second-order valence-corrected chi connectivity index (χ2v) is 9.69. The Kier molecular flexibility index (Phi) is 4.91. The van der Waals surface area contributed by atoms with Crippen LogP contribution in [-0.4, -0.2) is 56.6 Å². The largest absolute Gasteiger partial charge is 0.390 e. The highest BCUT2D eigenvalue weighted by atomic mass is 19.2. The number of nitrogens with one attached hydrogen (secondary N) is 2. The van der Waals surface area contributed by atoms with Crippen LogP contribution in [0.25, 0.3) is 43.6 Å². The Labute approximate surface area is 213 Å². The van der Waals surface area contributed by atoms with E-state index in [1.807, 2.05) is 0 Å². The number of imide groups is 1. The molecule has 0 aliphatic carbocycles. The maximum absolute atomic E-state index is 14.6. The number of halogens is 5. The van der Waals surface area contributed by atoms with Gasteiger partial charge in [0.1, 0.15) is 12.8 Å². The molecule has 0 saturated carbocycles. The van der Waals surface area contributed by atoms with Crippen LogP contribution in [0.4, 0.5) is 22.0 Å². The number of amides is 2. The van der Waals surface area contributed by atoms with Crippen molar-refractivity contribution in [2.45, 2.75) is 31.0 Å². The monoisotopic (exact) mass is 545 g/mol. The number of benzene rings is 3. The van der Waals surface area contributed by atoms with E-state index in [-0.39, 0.29) is 61.2 Å². The highest BCUT2D eigenvalue weighted by Gasteiger charge is 2.42. The van der Waals surface area contributed by atoms with Crippen molar-refractivity contribution in [3.63, 3.8) is 0 Å². The molecule has 4 heterocycles. The molecule has 0 spiro atoms. The third-order valence-electron chi connectivity index (χ3n) is 7.50. The van der Waals surface area contributed by atoms with Gasteiger partial charge in [-0.15, -0.1) is 0 Å². The molecule has 2 amide bonds. The van der Waals surface area contributed by atoms with Crippen LogP contribution in [0.3, 0.4) is 0 Å². The zero-order valence-corrected chi connectivity index (χ0v) is 19.5. The molecule has 39 heavy (non-hydrogen) atoms. The Morgan fingerprint density at radius 3 is 2.21 bits per heavy atom. The summed E-state index contributed by atoms with van der Waals surface area (Å²) in [6.45, 7) is -1.03. The summed E-state index contributed by atoms with van der Waals surface area (Å²) < 4.78 is 78.3. The number of alkyl halides is 1. The number of fused-ring (bicyclic) bond motifs is 10. The summed E-state index contributed by atoms with van der Waals surface area (Å²) in [7, 11) is 0. The molecule has 1 saturated heterocycles. The number of carbonyl (C=O) groups is 2. The molecule has 5 aromatic rings. The first-order chi connectivity index (χ1) is 18.6. The first kappa shape index (κ1) is 24.0. The molecule has 4 N–H and O–H groups in total. The van der Waals surface area contributed by atoms with Gasteiger partial charge < -0.3 is 24.5 Å². The van der Waals surface area contributed by atoms with Crippen molar-refractivity contribution >= 4 is 55.4 Å². The Balaban J connectivity index is 1.75. The summed E-state index contributed by atoms with van der Waals surface area (Å²) >= 11 is 0. The SMILES string of the molecule is O=C1NC(=O)c2c1c1c3cc(F)c(F)cc3[nH]c1c1c2c2cc(F)c(F)cc2n1C1O[C@H](CF)C[C@H](O)[C@H]1O. The third kappa shape index (κ3) is 3.08. The van der Waals surface area contributed by atoms with E-state index in [4.69, 9.17) is 4.74 Å². The van der Waals surface area contributed by atoms with Gasteiger partial charge in [-0.2, -0.15) is 0 Å². The first-order valence-corrected chi connectivity index (χ1v) is 11.8. The molecular weight excluding hydrogens is 529 g/mol. The molecule has 0 radical (unpaired) electrons. The number of aromatic nitrogens is 2. The van der Waals surface area contributed by atoms with Crippen molar-refractivity contribution in [3.05, 3.63) is 58.7 Å². The van der Waals surface area contributed by atoms with Crippen molar-refractivity contribution < 1.29 is 46.5 Å². The fraction of sp³-hybridized carbons (Fsp3) is 0.231. The number of carbonyl (C=O) groups excluding carboxylic acids is 2. The van der Waals surface area contributed by atoms with E-state index in [9.17, 15) is 41.8 Å². The van der Waals surface area contributed by atoms with Crippen molar-refractivity contribution in [3.8, 4) is 0 Å². The molecule has 8 nitrogen and oxygen atoms in total. The predicted octanol–water partition coefficient (Wildman–Crippen LogP) is 3.85. The summed E-state index contributed by atoms with van der Waals surface area (Å²) in [6.07, 6.45) is -6.14. The molecule has 1 fully saturated rings. The number of aromatic amines is 1. The van der Waals surface area contributed by atoms with Crippen LogP contribution in [0, 0.1) is 23.3 Å². The average Bonchev–Trinajstić information content (AvgIpc) is 3.50. The lowest BCUT2D eigenvalue weighted by Gasteiger charge is -2.37. The van der Waals surface area contributed by atoms with Gasteiger partial charge in [-0.25, -0.2) is 22.0 Å². The molecule has 7 rings (SSSR count). The number of nitrogens with zero attached hydrogens (tertiary/aromatic N) is 1. The van der Waals surface area contributed by atoms with Gasteiger partial charge in [-0.1, -0.05) is 0 Å². The minimum absolute atomic E-state index is 0.00707. The fourth-order valence-corrected chi connectivity index (χ4v) is 5.87. The molecule has 0 bridgehead atoms. The van der Waals surface area contributed by atoms with Crippen LogP contribution < -0.4 is 5.32 Å². The molecular formula is C26H16F5N3O5. The number of aliphatic hydroxyl groups is 2. The third-order valence-corrected chi connectivity index (χ3v) is 7.50. The Morgan fingerprint density at radius 1 is 0.897 bits per heavy atom. The number of aliphatic hydroxyl groups excluding tert-OH is 2. The van der Waals surface area contributed by atoms with Gasteiger partial charge in [0.05, 0.1) is 39.9 Å². The van der Waals surface area contributed by atoms with E-state index in [2.05, 4.69) is 10.3 Å². The molecule has 3 aromatic carbocycles. The lowest BCUT2D eigenvalue weighted by Crippen LogP contribution is -2.46. The van der Waals surface area contributed by atoms with E-state index >= 15 is 0 Å². The Hall–Kier alpha value is -4.07. The summed E-state index contributed by atoms with van der Waals surface area (Å²) in [6, 6.07) is 3.26. The molecule has 4 atom stereocenters. The van der Waals surface area contributed by atoms with E-state index in [1.165, 1.54) is 4.57 Å². The number of rotatable bonds is 2. The van der Waals surface area contributed by atoms with Crippen LogP contribution in [0.1, 0.15) is 33.4 Å². The normalized spacial score (nSPS) is 23.5. The average molecular weight is 545 g/mol. The van der Waals surface area contributed by atoms with Gasteiger partial charge in [-0.3, -0.25) is 14.9 Å². The minimum atomic E-state index is -1.68. The van der Waals surface area contributed by atoms with E-state index in [0.29, 0.717) is 0 Å². The van der Waals surface area contributed by atoms with E-state index < -0.39 is 66.3 Å². The fourth-order valence-electron chi connectivity index (χ4n) is 5.87. The van der Waals surface area contributed by atoms with E-state index in [1.54, 1.807) is 0 Å². The van der Waals surface area contributed by atoms with Crippen molar-refractivity contribution in [2.75, 3.05) is 6.67 Å². The predicted molar refractivity (Wildman–Crippen MR) is 127 cm³/mol. The number of H-pyrrole nitrogens is 1. The van der Waals surface area contributed by atoms with Gasteiger partial charge in [0, 0.05) is 45.6 Å². The maximum Gasteiger partial charge on any atom is 0.259 e. The topological polar surface area (TPSA) is 117 Å². The van der Waals surface area contributed by atoms with Crippen LogP contribution in [0.2, 0.25) is 0 Å². The Morgan fingerprint density at radius 2 is 1.51 bits per heavy atom. The van der Waals surface area contributed by atoms with Crippen LogP contribution >= 0.6 is 0 Å². The number of hydrogen-bond acceptors (Lipinski definition) is 5. The molecule has 2 aliphatic heterocycles. The van der Waals surface area contributed by atoms with Gasteiger partial charge in [-0.05, 0) is 12.1 Å². The van der Waals surface area contributed by atoms with Crippen LogP contribution in [-0.2, 0) is 4.74 Å². The van der Waals surface area contributed by atoms with E-state index in [0.717, 1.165) is 24.3 Å². The summed E-state index contributed by atoms with van der Waals surface area (Å²) in [5.74, 6) is -6.74. The van der Waals surface area contributed by atoms with Crippen LogP contribution in [0.15, 0.2) is 24.3 Å². The zero-order valence-electron chi connectivity index (χ0n) is 19.5. The summed E-state index contributed by atoms with van der Waals surface area (Å²) in [4.78, 5) is 29.0. The molecule has 2 aromatic heterocycles. The standard InChI is InChI=1S/C26H16F5N3O5/c27-6-7-1-16(35)23(36)26(39-7)34-15-5-13(31)11(29)3-9(15)18-20-19(24(37)33-25(20)38)17-8-2-10(28)12(30)4-14(8)32-21(17)22(18)34/h2-5,7,16,23,26,32,35-36H,1,6H2,(H,33,37,38)/t7-,16-,23+,26?/m0/s1. The highest BCUT2D eigenvalue weighted by molar-refractivity contribution is 6.39. The number of ether oxygens (including phenoxy) is 1. The molecule has 1 unspecified atom stereocenters. The lowest BCUT2D eigenvalue weighted by atomic mass is 9.96. The van der Waals surface area contributed by atoms with Gasteiger partial charge in [0.2, 0.25) is 0 Å². The minimum Gasteiger partial charge on any atom is -0.390 e. The Bertz CT molecular complexity index is 1930. The molecule has 200 valence electrons. The van der Waals surface area contributed by atoms with Gasteiger partial charge in [0.25, 0.3) is 11.8 Å². The highest BCUT2D eigenvalue weighted by Crippen LogP contribution is 2.46. The van der Waals surface area contributed by atoms with Gasteiger partial charge in [0.15, 0.2) is 29.5 Å². The second-order valence-electron chi connectivity index (χ2n) is 9.69. The van der Waals surface area contributed by atoms with Crippen molar-refractivity contribution in [2.24, 2.45) is 0 Å². The van der Waals surface area contributed by atoms with Crippen molar-refractivity contribution in [1.82, 2.24) is 14.9 Å². The number of hydrogen-bond donors (Lipinski definition) is 4. The first-order valence-electron chi connectivity index (χ1n) is 11.8.